The van der Waals surface area contributed by atoms with E-state index in [1.165, 1.54) is 12.8 Å². The van der Waals surface area contributed by atoms with E-state index in [9.17, 15) is 0 Å². The zero-order chi connectivity index (χ0) is 15.1. The molecule has 1 aromatic carbocycles. The molecular weight excluding hydrogens is 262 g/mol. The van der Waals surface area contributed by atoms with Gasteiger partial charge in [0.05, 0.1) is 26.4 Å². The number of hydrogen-bond acceptors (Lipinski definition) is 3. The molecule has 114 valence electrons. The second-order valence-corrected chi connectivity index (χ2v) is 5.73. The van der Waals surface area contributed by atoms with Crippen LogP contribution in [0.2, 0.25) is 0 Å². The zero-order valence-corrected chi connectivity index (χ0v) is 13.0. The van der Waals surface area contributed by atoms with Crippen molar-refractivity contribution in [1.82, 2.24) is 0 Å². The Morgan fingerprint density at radius 2 is 2.19 bits per heavy atom. The van der Waals surface area contributed by atoms with Crippen LogP contribution in [0, 0.1) is 17.8 Å². The molecular formula is C18H25NO2. The number of benzene rings is 1. The van der Waals surface area contributed by atoms with Crippen molar-refractivity contribution in [3.63, 3.8) is 0 Å². The van der Waals surface area contributed by atoms with E-state index < -0.39 is 0 Å². The van der Waals surface area contributed by atoms with Crippen LogP contribution in [0.5, 0.6) is 5.75 Å². The third-order valence-electron chi connectivity index (χ3n) is 4.00. The van der Waals surface area contributed by atoms with E-state index in [1.807, 2.05) is 18.2 Å². The maximum Gasteiger partial charge on any atom is 0.119 e. The standard InChI is InChI=1S/C18H25NO2/c1-14-5-3-7-18(11-14)21-13-16-12-17(20-2)9-8-15(16)6-4-10-19/h8-9,12,14,18H,3,5,7,10-11,13,19H2,1-2H3. The summed E-state index contributed by atoms with van der Waals surface area (Å²) in [5, 5.41) is 0. The van der Waals surface area contributed by atoms with Gasteiger partial charge < -0.3 is 15.2 Å². The zero-order valence-electron chi connectivity index (χ0n) is 13.0. The Bertz CT molecular complexity index is 516. The first kappa shape index (κ1) is 15.9. The molecule has 0 heterocycles. The summed E-state index contributed by atoms with van der Waals surface area (Å²) in [6, 6.07) is 5.91. The van der Waals surface area contributed by atoms with E-state index in [0.717, 1.165) is 35.6 Å². The van der Waals surface area contributed by atoms with Crippen LogP contribution in [-0.4, -0.2) is 19.8 Å². The van der Waals surface area contributed by atoms with Crippen molar-refractivity contribution in [1.29, 1.82) is 0 Å². The number of rotatable bonds is 4. The lowest BCUT2D eigenvalue weighted by Gasteiger charge is -2.27. The predicted molar refractivity (Wildman–Crippen MR) is 85.1 cm³/mol. The van der Waals surface area contributed by atoms with Gasteiger partial charge in [0.1, 0.15) is 5.75 Å². The molecule has 21 heavy (non-hydrogen) atoms. The van der Waals surface area contributed by atoms with Gasteiger partial charge in [0.25, 0.3) is 0 Å². The monoisotopic (exact) mass is 287 g/mol. The maximum atomic E-state index is 6.10. The summed E-state index contributed by atoms with van der Waals surface area (Å²) in [5.74, 6) is 7.63. The summed E-state index contributed by atoms with van der Waals surface area (Å²) in [5.41, 5.74) is 7.51. The molecule has 2 unspecified atom stereocenters. The molecule has 0 radical (unpaired) electrons. The Hall–Kier alpha value is -1.50. The van der Waals surface area contributed by atoms with E-state index in [0.29, 0.717) is 19.3 Å². The first-order valence-electron chi connectivity index (χ1n) is 7.70. The molecule has 2 N–H and O–H groups in total. The summed E-state index contributed by atoms with van der Waals surface area (Å²) in [6.07, 6.45) is 5.29. The Morgan fingerprint density at radius 1 is 1.33 bits per heavy atom. The van der Waals surface area contributed by atoms with E-state index in [1.54, 1.807) is 7.11 Å². The molecule has 2 atom stereocenters. The van der Waals surface area contributed by atoms with E-state index >= 15 is 0 Å². The van der Waals surface area contributed by atoms with Crippen molar-refractivity contribution >= 4 is 0 Å². The number of hydrogen-bond donors (Lipinski definition) is 1. The van der Waals surface area contributed by atoms with Crippen molar-refractivity contribution in [2.24, 2.45) is 11.7 Å². The van der Waals surface area contributed by atoms with Crippen LogP contribution in [0.25, 0.3) is 0 Å². The van der Waals surface area contributed by atoms with Gasteiger partial charge in [-0.25, -0.2) is 0 Å². The molecule has 1 saturated carbocycles. The summed E-state index contributed by atoms with van der Waals surface area (Å²) in [4.78, 5) is 0. The first-order valence-corrected chi connectivity index (χ1v) is 7.70. The molecule has 0 bridgehead atoms. The average Bonchev–Trinajstić information content (AvgIpc) is 2.51. The topological polar surface area (TPSA) is 44.5 Å². The molecule has 3 heteroatoms. The molecule has 0 amide bonds. The van der Waals surface area contributed by atoms with E-state index in [4.69, 9.17) is 15.2 Å². The van der Waals surface area contributed by atoms with Crippen molar-refractivity contribution in [2.75, 3.05) is 13.7 Å². The molecule has 1 aromatic rings. The quantitative estimate of drug-likeness (QED) is 0.865. The summed E-state index contributed by atoms with van der Waals surface area (Å²) >= 11 is 0. The van der Waals surface area contributed by atoms with Gasteiger partial charge in [-0.3, -0.25) is 0 Å². The van der Waals surface area contributed by atoms with Gasteiger partial charge in [-0.1, -0.05) is 31.6 Å². The van der Waals surface area contributed by atoms with Gasteiger partial charge in [0.15, 0.2) is 0 Å². The average molecular weight is 287 g/mol. The Kier molecular flexibility index (Phi) is 6.10. The summed E-state index contributed by atoms with van der Waals surface area (Å²) < 4.78 is 11.4. The lowest BCUT2D eigenvalue weighted by atomic mass is 9.89. The first-order chi connectivity index (χ1) is 10.2. The van der Waals surface area contributed by atoms with Crippen LogP contribution in [-0.2, 0) is 11.3 Å². The highest BCUT2D eigenvalue weighted by Gasteiger charge is 2.19. The molecule has 1 aliphatic carbocycles. The molecule has 1 fully saturated rings. The number of ether oxygens (including phenoxy) is 2. The SMILES string of the molecule is COc1ccc(C#CCN)c(COC2CCCC(C)C2)c1. The second-order valence-electron chi connectivity index (χ2n) is 5.73. The Labute approximate surface area is 127 Å². The minimum atomic E-state index is 0.368. The minimum absolute atomic E-state index is 0.368. The van der Waals surface area contributed by atoms with Gasteiger partial charge in [0, 0.05) is 5.56 Å². The van der Waals surface area contributed by atoms with Crippen molar-refractivity contribution in [2.45, 2.75) is 45.3 Å². The normalized spacial score (nSPS) is 21.5. The smallest absolute Gasteiger partial charge is 0.119 e. The van der Waals surface area contributed by atoms with Gasteiger partial charge >= 0.3 is 0 Å². The van der Waals surface area contributed by atoms with E-state index in [-0.39, 0.29) is 0 Å². The Balaban J connectivity index is 2.05. The molecule has 1 aliphatic rings. The van der Waals surface area contributed by atoms with Crippen LogP contribution < -0.4 is 10.5 Å². The maximum absolute atomic E-state index is 6.10. The molecule has 0 spiro atoms. The highest BCUT2D eigenvalue weighted by atomic mass is 16.5. The van der Waals surface area contributed by atoms with Gasteiger partial charge in [0.2, 0.25) is 0 Å². The summed E-state index contributed by atoms with van der Waals surface area (Å²) in [7, 11) is 1.67. The second kappa shape index (κ2) is 8.07. The van der Waals surface area contributed by atoms with Crippen LogP contribution in [0.4, 0.5) is 0 Å². The Morgan fingerprint density at radius 3 is 2.90 bits per heavy atom. The van der Waals surface area contributed by atoms with Gasteiger partial charge in [-0.15, -0.1) is 0 Å². The fourth-order valence-electron chi connectivity index (χ4n) is 2.82. The molecule has 3 nitrogen and oxygen atoms in total. The number of methoxy groups -OCH3 is 1. The molecule has 2 rings (SSSR count). The van der Waals surface area contributed by atoms with Gasteiger partial charge in [-0.2, -0.15) is 0 Å². The van der Waals surface area contributed by atoms with Crippen LogP contribution >= 0.6 is 0 Å². The molecule has 0 saturated heterocycles. The van der Waals surface area contributed by atoms with Crippen LogP contribution in [0.3, 0.4) is 0 Å². The minimum Gasteiger partial charge on any atom is -0.497 e. The summed E-state index contributed by atoms with van der Waals surface area (Å²) in [6.45, 7) is 3.26. The van der Waals surface area contributed by atoms with Crippen molar-refractivity contribution < 1.29 is 9.47 Å². The largest absolute Gasteiger partial charge is 0.497 e. The van der Waals surface area contributed by atoms with Crippen LogP contribution in [0.15, 0.2) is 18.2 Å². The molecule has 0 aliphatic heterocycles. The predicted octanol–water partition coefficient (Wildman–Crippen LogP) is 3.10. The third-order valence-corrected chi connectivity index (χ3v) is 4.00. The lowest BCUT2D eigenvalue weighted by Crippen LogP contribution is -2.21. The van der Waals surface area contributed by atoms with Gasteiger partial charge in [-0.05, 0) is 42.5 Å². The van der Waals surface area contributed by atoms with Crippen molar-refractivity contribution in [3.8, 4) is 17.6 Å². The van der Waals surface area contributed by atoms with E-state index in [2.05, 4.69) is 18.8 Å². The fourth-order valence-corrected chi connectivity index (χ4v) is 2.82. The number of nitrogens with two attached hydrogens (primary N) is 1. The molecule has 0 aromatic heterocycles. The fraction of sp³-hybridized carbons (Fsp3) is 0.556. The highest BCUT2D eigenvalue weighted by Crippen LogP contribution is 2.27. The lowest BCUT2D eigenvalue weighted by molar-refractivity contribution is 0.00453. The van der Waals surface area contributed by atoms with Crippen LogP contribution in [0.1, 0.15) is 43.7 Å². The third kappa shape index (κ3) is 4.77. The highest BCUT2D eigenvalue weighted by molar-refractivity contribution is 5.45. The van der Waals surface area contributed by atoms with Crippen molar-refractivity contribution in [3.05, 3.63) is 29.3 Å².